The lowest BCUT2D eigenvalue weighted by Gasteiger charge is -1.94. The van der Waals surface area contributed by atoms with Crippen molar-refractivity contribution in [1.29, 1.82) is 5.26 Å². The highest BCUT2D eigenvalue weighted by Crippen LogP contribution is 2.21. The van der Waals surface area contributed by atoms with Gasteiger partial charge in [-0.15, -0.1) is 0 Å². The number of benzene rings is 1. The second-order valence-electron chi connectivity index (χ2n) is 3.35. The van der Waals surface area contributed by atoms with Crippen molar-refractivity contribution in [2.24, 2.45) is 0 Å². The molecule has 1 aromatic carbocycles. The standard InChI is InChI=1S/C12H10N2O2/c13-8-9-2-1-3-10(6-9)12-7-11(4-5-15)14-16-12/h1-3,6-7,15H,4-5H2. The molecule has 16 heavy (non-hydrogen) atoms. The molecule has 0 radical (unpaired) electrons. The fraction of sp³-hybridized carbons (Fsp3) is 0.167. The number of hydrogen-bond acceptors (Lipinski definition) is 4. The van der Waals surface area contributed by atoms with Gasteiger partial charge in [0.2, 0.25) is 0 Å². The molecule has 0 aliphatic rings. The fourth-order valence-electron chi connectivity index (χ4n) is 1.42. The fourth-order valence-corrected chi connectivity index (χ4v) is 1.42. The Hall–Kier alpha value is -2.12. The monoisotopic (exact) mass is 214 g/mol. The van der Waals surface area contributed by atoms with Crippen molar-refractivity contribution >= 4 is 0 Å². The Balaban J connectivity index is 2.32. The van der Waals surface area contributed by atoms with E-state index in [4.69, 9.17) is 14.9 Å². The van der Waals surface area contributed by atoms with E-state index >= 15 is 0 Å². The molecule has 4 nitrogen and oxygen atoms in total. The Kier molecular flexibility index (Phi) is 2.99. The Morgan fingerprint density at radius 3 is 3.00 bits per heavy atom. The quantitative estimate of drug-likeness (QED) is 0.844. The van der Waals surface area contributed by atoms with Crippen molar-refractivity contribution in [2.75, 3.05) is 6.61 Å². The average molecular weight is 214 g/mol. The summed E-state index contributed by atoms with van der Waals surface area (Å²) < 4.78 is 5.13. The summed E-state index contributed by atoms with van der Waals surface area (Å²) in [6.45, 7) is 0.0458. The van der Waals surface area contributed by atoms with Gasteiger partial charge in [0.1, 0.15) is 0 Å². The molecule has 0 aliphatic carbocycles. The predicted octanol–water partition coefficient (Wildman–Crippen LogP) is 1.75. The molecule has 2 rings (SSSR count). The SMILES string of the molecule is N#Cc1cccc(-c2cc(CCO)no2)c1. The topological polar surface area (TPSA) is 70.0 Å². The molecule has 1 N–H and O–H groups in total. The zero-order valence-electron chi connectivity index (χ0n) is 8.55. The van der Waals surface area contributed by atoms with Gasteiger partial charge >= 0.3 is 0 Å². The van der Waals surface area contributed by atoms with Gasteiger partial charge in [0.25, 0.3) is 0 Å². The Morgan fingerprint density at radius 2 is 2.25 bits per heavy atom. The molecule has 80 valence electrons. The number of aliphatic hydroxyl groups is 1. The minimum atomic E-state index is 0.0458. The smallest absolute Gasteiger partial charge is 0.167 e. The van der Waals surface area contributed by atoms with Gasteiger partial charge in [-0.3, -0.25) is 0 Å². The molecule has 0 fully saturated rings. The summed E-state index contributed by atoms with van der Waals surface area (Å²) in [7, 11) is 0. The summed E-state index contributed by atoms with van der Waals surface area (Å²) in [5.41, 5.74) is 2.10. The van der Waals surface area contributed by atoms with Crippen molar-refractivity contribution in [3.05, 3.63) is 41.6 Å². The summed E-state index contributed by atoms with van der Waals surface area (Å²) in [4.78, 5) is 0. The highest BCUT2D eigenvalue weighted by molar-refractivity contribution is 5.59. The maximum Gasteiger partial charge on any atom is 0.167 e. The molecule has 0 bridgehead atoms. The molecule has 2 aromatic rings. The molecule has 0 aliphatic heterocycles. The molecular weight excluding hydrogens is 204 g/mol. The van der Waals surface area contributed by atoms with Crippen LogP contribution in [-0.2, 0) is 6.42 Å². The number of hydrogen-bond donors (Lipinski definition) is 1. The molecule has 0 saturated carbocycles. The van der Waals surface area contributed by atoms with Crippen LogP contribution in [0.2, 0.25) is 0 Å². The first kappa shape index (κ1) is 10.4. The molecule has 4 heteroatoms. The highest BCUT2D eigenvalue weighted by Gasteiger charge is 2.06. The van der Waals surface area contributed by atoms with Crippen molar-refractivity contribution < 1.29 is 9.63 Å². The Morgan fingerprint density at radius 1 is 1.38 bits per heavy atom. The Labute approximate surface area is 92.7 Å². The number of nitriles is 1. The van der Waals surface area contributed by atoms with Crippen LogP contribution in [0.4, 0.5) is 0 Å². The van der Waals surface area contributed by atoms with Crippen LogP contribution < -0.4 is 0 Å². The lowest BCUT2D eigenvalue weighted by atomic mass is 10.1. The lowest BCUT2D eigenvalue weighted by Crippen LogP contribution is -1.88. The third kappa shape index (κ3) is 2.10. The van der Waals surface area contributed by atoms with Crippen LogP contribution in [-0.4, -0.2) is 16.9 Å². The summed E-state index contributed by atoms with van der Waals surface area (Å²) in [6.07, 6.45) is 0.474. The average Bonchev–Trinajstić information content (AvgIpc) is 2.78. The van der Waals surface area contributed by atoms with Crippen LogP contribution in [0.5, 0.6) is 0 Å². The van der Waals surface area contributed by atoms with Crippen LogP contribution in [0.3, 0.4) is 0 Å². The first-order valence-corrected chi connectivity index (χ1v) is 4.90. The first-order chi connectivity index (χ1) is 7.83. The minimum absolute atomic E-state index is 0.0458. The van der Waals surface area contributed by atoms with E-state index < -0.39 is 0 Å². The van der Waals surface area contributed by atoms with E-state index in [0.717, 1.165) is 5.56 Å². The van der Waals surface area contributed by atoms with Gasteiger partial charge in [-0.2, -0.15) is 5.26 Å². The number of nitrogens with zero attached hydrogens (tertiary/aromatic N) is 2. The van der Waals surface area contributed by atoms with Gasteiger partial charge in [0.05, 0.1) is 17.3 Å². The summed E-state index contributed by atoms with van der Waals surface area (Å²) in [5, 5.41) is 21.3. The molecule has 1 heterocycles. The molecular formula is C12H10N2O2. The van der Waals surface area contributed by atoms with Gasteiger partial charge < -0.3 is 9.63 Å². The zero-order valence-corrected chi connectivity index (χ0v) is 8.55. The number of aromatic nitrogens is 1. The van der Waals surface area contributed by atoms with Crippen LogP contribution in [0.25, 0.3) is 11.3 Å². The second-order valence-corrected chi connectivity index (χ2v) is 3.35. The van der Waals surface area contributed by atoms with E-state index in [1.807, 2.05) is 6.07 Å². The first-order valence-electron chi connectivity index (χ1n) is 4.90. The van der Waals surface area contributed by atoms with Gasteiger partial charge in [0.15, 0.2) is 5.76 Å². The third-order valence-electron chi connectivity index (χ3n) is 2.20. The summed E-state index contributed by atoms with van der Waals surface area (Å²) in [5.74, 6) is 0.612. The zero-order chi connectivity index (χ0) is 11.4. The van der Waals surface area contributed by atoms with E-state index in [1.165, 1.54) is 0 Å². The van der Waals surface area contributed by atoms with Crippen molar-refractivity contribution in [1.82, 2.24) is 5.16 Å². The molecule has 0 spiro atoms. The van der Waals surface area contributed by atoms with Crippen molar-refractivity contribution in [3.8, 4) is 17.4 Å². The van der Waals surface area contributed by atoms with Gasteiger partial charge in [-0.1, -0.05) is 17.3 Å². The lowest BCUT2D eigenvalue weighted by molar-refractivity contribution is 0.294. The summed E-state index contributed by atoms with van der Waals surface area (Å²) >= 11 is 0. The van der Waals surface area contributed by atoms with E-state index in [2.05, 4.69) is 11.2 Å². The molecule has 1 aromatic heterocycles. The van der Waals surface area contributed by atoms with E-state index in [1.54, 1.807) is 24.3 Å². The normalized spacial score (nSPS) is 10.0. The van der Waals surface area contributed by atoms with Crippen molar-refractivity contribution in [2.45, 2.75) is 6.42 Å². The maximum atomic E-state index is 8.77. The van der Waals surface area contributed by atoms with E-state index in [0.29, 0.717) is 23.4 Å². The van der Waals surface area contributed by atoms with Gasteiger partial charge in [0, 0.05) is 24.7 Å². The molecule has 0 unspecified atom stereocenters. The Bertz CT molecular complexity index is 526. The predicted molar refractivity (Wildman–Crippen MR) is 57.4 cm³/mol. The van der Waals surface area contributed by atoms with Gasteiger partial charge in [-0.25, -0.2) is 0 Å². The van der Waals surface area contributed by atoms with E-state index in [-0.39, 0.29) is 6.61 Å². The largest absolute Gasteiger partial charge is 0.396 e. The highest BCUT2D eigenvalue weighted by atomic mass is 16.5. The number of rotatable bonds is 3. The number of aliphatic hydroxyl groups excluding tert-OH is 1. The minimum Gasteiger partial charge on any atom is -0.396 e. The molecule has 0 atom stereocenters. The third-order valence-corrected chi connectivity index (χ3v) is 2.20. The molecule has 0 amide bonds. The van der Waals surface area contributed by atoms with Crippen LogP contribution in [0.1, 0.15) is 11.3 Å². The van der Waals surface area contributed by atoms with Gasteiger partial charge in [-0.05, 0) is 12.1 Å². The van der Waals surface area contributed by atoms with E-state index in [9.17, 15) is 0 Å². The molecule has 0 saturated heterocycles. The summed E-state index contributed by atoms with van der Waals surface area (Å²) in [6, 6.07) is 11.0. The second kappa shape index (κ2) is 4.60. The maximum absolute atomic E-state index is 8.77. The van der Waals surface area contributed by atoms with Crippen LogP contribution >= 0.6 is 0 Å². The van der Waals surface area contributed by atoms with Crippen molar-refractivity contribution in [3.63, 3.8) is 0 Å². The van der Waals surface area contributed by atoms with Crippen LogP contribution in [0.15, 0.2) is 34.9 Å². The van der Waals surface area contributed by atoms with Crippen LogP contribution in [0, 0.1) is 11.3 Å².